The third-order valence-electron chi connectivity index (χ3n) is 4.78. The Hall–Kier alpha value is -2.75. The zero-order chi connectivity index (χ0) is 19.2. The Labute approximate surface area is 176 Å². The van der Waals surface area contributed by atoms with Crippen LogP contribution in [0.1, 0.15) is 30.7 Å². The molecule has 0 radical (unpaired) electrons. The van der Waals surface area contributed by atoms with Crippen molar-refractivity contribution in [1.82, 2.24) is 14.9 Å². The number of rotatable bonds is 5. The van der Waals surface area contributed by atoms with Gasteiger partial charge in [-0.15, -0.1) is 12.4 Å². The van der Waals surface area contributed by atoms with E-state index in [0.29, 0.717) is 35.1 Å². The van der Waals surface area contributed by atoms with Crippen LogP contribution >= 0.6 is 12.4 Å². The molecule has 2 aromatic heterocycles. The number of ether oxygens (including phenoxy) is 2. The summed E-state index contributed by atoms with van der Waals surface area (Å²) in [4.78, 5) is 11.0. The summed E-state index contributed by atoms with van der Waals surface area (Å²) in [6.07, 6.45) is 7.29. The van der Waals surface area contributed by atoms with Crippen LogP contribution in [0.2, 0.25) is 0 Å². The van der Waals surface area contributed by atoms with Gasteiger partial charge in [0.1, 0.15) is 12.4 Å². The minimum absolute atomic E-state index is 0. The molecule has 1 aromatic carbocycles. The number of likely N-dealkylation sites (tertiary alicyclic amines) is 1. The van der Waals surface area contributed by atoms with Gasteiger partial charge >= 0.3 is 0 Å². The molecule has 0 bridgehead atoms. The van der Waals surface area contributed by atoms with Crippen LogP contribution in [0.25, 0.3) is 11.1 Å². The minimum atomic E-state index is 0. The van der Waals surface area contributed by atoms with Gasteiger partial charge in [0.05, 0.1) is 7.11 Å². The second-order valence-corrected chi connectivity index (χ2v) is 6.71. The van der Waals surface area contributed by atoms with Gasteiger partial charge in [0.25, 0.3) is 5.89 Å². The SMILES string of the molecule is COc1ccc(OCCN2CCCCC2)c2oc(C#Cc3cccnc3)nc12.Cl. The lowest BCUT2D eigenvalue weighted by atomic mass is 10.1. The maximum atomic E-state index is 6.01. The second kappa shape index (κ2) is 10.1. The van der Waals surface area contributed by atoms with Gasteiger partial charge in [-0.1, -0.05) is 12.3 Å². The number of piperidine rings is 1. The number of hydrogen-bond acceptors (Lipinski definition) is 6. The van der Waals surface area contributed by atoms with E-state index in [2.05, 4.69) is 26.7 Å². The number of oxazole rings is 1. The van der Waals surface area contributed by atoms with Crippen molar-refractivity contribution in [3.05, 3.63) is 48.1 Å². The van der Waals surface area contributed by atoms with Gasteiger partial charge < -0.3 is 13.9 Å². The summed E-state index contributed by atoms with van der Waals surface area (Å²) in [5.41, 5.74) is 1.98. The Balaban J connectivity index is 0.00000240. The van der Waals surface area contributed by atoms with Crippen LogP contribution in [-0.4, -0.2) is 48.2 Å². The first-order chi connectivity index (χ1) is 13.8. The normalized spacial score (nSPS) is 14.0. The molecule has 0 N–H and O–H groups in total. The molecule has 0 spiro atoms. The van der Waals surface area contributed by atoms with Crippen LogP contribution in [0, 0.1) is 11.8 Å². The summed E-state index contributed by atoms with van der Waals surface area (Å²) in [5.74, 6) is 7.58. The van der Waals surface area contributed by atoms with Gasteiger partial charge in [-0.05, 0) is 56.1 Å². The summed E-state index contributed by atoms with van der Waals surface area (Å²) in [6.45, 7) is 3.82. The first-order valence-electron chi connectivity index (χ1n) is 9.58. The highest BCUT2D eigenvalue weighted by molar-refractivity contribution is 5.86. The van der Waals surface area contributed by atoms with Crippen LogP contribution in [0.3, 0.4) is 0 Å². The largest absolute Gasteiger partial charge is 0.494 e. The molecule has 1 aliphatic heterocycles. The lowest BCUT2D eigenvalue weighted by Crippen LogP contribution is -2.33. The molecule has 1 fully saturated rings. The van der Waals surface area contributed by atoms with Crippen molar-refractivity contribution in [2.75, 3.05) is 33.4 Å². The fourth-order valence-corrected chi connectivity index (χ4v) is 3.32. The number of methoxy groups -OCH3 is 1. The van der Waals surface area contributed by atoms with E-state index in [9.17, 15) is 0 Å². The second-order valence-electron chi connectivity index (χ2n) is 6.71. The van der Waals surface area contributed by atoms with Crippen LogP contribution in [0.5, 0.6) is 11.5 Å². The number of nitrogens with zero attached hydrogens (tertiary/aromatic N) is 3. The lowest BCUT2D eigenvalue weighted by Gasteiger charge is -2.26. The maximum Gasteiger partial charge on any atom is 0.274 e. The highest BCUT2D eigenvalue weighted by atomic mass is 35.5. The average Bonchev–Trinajstić information content (AvgIpc) is 3.18. The molecule has 7 heteroatoms. The minimum Gasteiger partial charge on any atom is -0.494 e. The van der Waals surface area contributed by atoms with E-state index in [1.165, 1.54) is 19.3 Å². The predicted octanol–water partition coefficient (Wildman–Crippen LogP) is 3.92. The molecular weight excluding hydrogens is 390 g/mol. The molecule has 0 aliphatic carbocycles. The number of benzene rings is 1. The Bertz CT molecular complexity index is 989. The Kier molecular flexibility index (Phi) is 7.34. The number of aromatic nitrogens is 2. The third-order valence-corrected chi connectivity index (χ3v) is 4.78. The van der Waals surface area contributed by atoms with Gasteiger partial charge in [-0.3, -0.25) is 9.88 Å². The van der Waals surface area contributed by atoms with Gasteiger partial charge in [-0.25, -0.2) is 0 Å². The zero-order valence-corrected chi connectivity index (χ0v) is 17.2. The van der Waals surface area contributed by atoms with Crippen molar-refractivity contribution >= 4 is 23.5 Å². The predicted molar refractivity (Wildman–Crippen MR) is 114 cm³/mol. The summed E-state index contributed by atoms with van der Waals surface area (Å²) in [5, 5.41) is 0. The summed E-state index contributed by atoms with van der Waals surface area (Å²) in [6, 6.07) is 7.44. The van der Waals surface area contributed by atoms with Crippen LogP contribution in [0.4, 0.5) is 0 Å². The molecule has 0 atom stereocenters. The molecule has 29 heavy (non-hydrogen) atoms. The molecular formula is C22H24ClN3O3. The molecule has 0 amide bonds. The lowest BCUT2D eigenvalue weighted by molar-refractivity contribution is 0.183. The fourth-order valence-electron chi connectivity index (χ4n) is 3.32. The van der Waals surface area contributed by atoms with E-state index >= 15 is 0 Å². The van der Waals surface area contributed by atoms with E-state index in [4.69, 9.17) is 13.9 Å². The highest BCUT2D eigenvalue weighted by Gasteiger charge is 2.16. The van der Waals surface area contributed by atoms with Gasteiger partial charge in [-0.2, -0.15) is 4.98 Å². The van der Waals surface area contributed by atoms with Crippen molar-refractivity contribution < 1.29 is 13.9 Å². The van der Waals surface area contributed by atoms with E-state index in [-0.39, 0.29) is 12.4 Å². The topological polar surface area (TPSA) is 60.6 Å². The first-order valence-corrected chi connectivity index (χ1v) is 9.58. The molecule has 1 aliphatic rings. The highest BCUT2D eigenvalue weighted by Crippen LogP contribution is 2.33. The van der Waals surface area contributed by atoms with Crippen molar-refractivity contribution in [2.45, 2.75) is 19.3 Å². The van der Waals surface area contributed by atoms with Crippen LogP contribution in [0.15, 0.2) is 41.1 Å². The van der Waals surface area contributed by atoms with Gasteiger partial charge in [0, 0.05) is 24.5 Å². The number of hydrogen-bond donors (Lipinski definition) is 0. The molecule has 4 rings (SSSR count). The number of halogens is 1. The van der Waals surface area contributed by atoms with Crippen LogP contribution < -0.4 is 9.47 Å². The Morgan fingerprint density at radius 3 is 2.69 bits per heavy atom. The molecule has 152 valence electrons. The molecule has 6 nitrogen and oxygen atoms in total. The van der Waals surface area contributed by atoms with E-state index in [1.807, 2.05) is 24.3 Å². The number of fused-ring (bicyclic) bond motifs is 1. The first kappa shape index (κ1) is 21.0. The molecule has 0 unspecified atom stereocenters. The summed E-state index contributed by atoms with van der Waals surface area (Å²) < 4.78 is 17.3. The van der Waals surface area contributed by atoms with E-state index < -0.39 is 0 Å². The van der Waals surface area contributed by atoms with Gasteiger partial charge in [0.15, 0.2) is 11.3 Å². The standard InChI is InChI=1S/C22H23N3O3.ClH/c1-26-18-8-9-19(27-15-14-25-12-3-2-4-13-25)22-21(18)24-20(28-22)10-7-17-6-5-11-23-16-17;/h5-6,8-9,11,16H,2-4,12-15H2,1H3;1H. The van der Waals surface area contributed by atoms with Crippen molar-refractivity contribution in [2.24, 2.45) is 0 Å². The van der Waals surface area contributed by atoms with Crippen molar-refractivity contribution in [1.29, 1.82) is 0 Å². The Morgan fingerprint density at radius 2 is 1.93 bits per heavy atom. The van der Waals surface area contributed by atoms with Crippen LogP contribution in [-0.2, 0) is 0 Å². The summed E-state index contributed by atoms with van der Waals surface area (Å²) >= 11 is 0. The fraction of sp³-hybridized carbons (Fsp3) is 0.364. The molecule has 1 saturated heterocycles. The molecule has 0 saturated carbocycles. The number of pyridine rings is 1. The smallest absolute Gasteiger partial charge is 0.274 e. The van der Waals surface area contributed by atoms with E-state index in [0.717, 1.165) is 25.2 Å². The monoisotopic (exact) mass is 413 g/mol. The summed E-state index contributed by atoms with van der Waals surface area (Å²) in [7, 11) is 1.61. The van der Waals surface area contributed by atoms with E-state index in [1.54, 1.807) is 19.5 Å². The van der Waals surface area contributed by atoms with Crippen molar-refractivity contribution in [3.63, 3.8) is 0 Å². The maximum absolute atomic E-state index is 6.01. The average molecular weight is 414 g/mol. The Morgan fingerprint density at radius 1 is 1.10 bits per heavy atom. The zero-order valence-electron chi connectivity index (χ0n) is 16.4. The van der Waals surface area contributed by atoms with Crippen molar-refractivity contribution in [3.8, 4) is 23.3 Å². The third kappa shape index (κ3) is 5.20. The van der Waals surface area contributed by atoms with Gasteiger partial charge in [0.2, 0.25) is 5.58 Å². The molecule has 3 heterocycles. The quantitative estimate of drug-likeness (QED) is 0.591. The molecule has 3 aromatic rings.